The Kier molecular flexibility index (Phi) is 8.68. The monoisotopic (exact) mass is 411 g/mol. The first-order valence-corrected chi connectivity index (χ1v) is 10.7. The van der Waals surface area contributed by atoms with Gasteiger partial charge in [0.2, 0.25) is 0 Å². The summed E-state index contributed by atoms with van der Waals surface area (Å²) < 4.78 is 5.61. The molecule has 1 aliphatic rings. The third kappa shape index (κ3) is 7.13. The Labute approximate surface area is 179 Å². The van der Waals surface area contributed by atoms with E-state index >= 15 is 0 Å². The second-order valence-electron chi connectivity index (χ2n) is 7.84. The van der Waals surface area contributed by atoms with Gasteiger partial charge in [0.15, 0.2) is 0 Å². The highest BCUT2D eigenvalue weighted by atomic mass is 16.5. The van der Waals surface area contributed by atoms with Crippen LogP contribution in [0.1, 0.15) is 23.6 Å². The molecule has 1 heterocycles. The zero-order chi connectivity index (χ0) is 21.2. The summed E-state index contributed by atoms with van der Waals surface area (Å²) in [5.74, 6) is 0. The van der Waals surface area contributed by atoms with Crippen molar-refractivity contribution in [3.8, 4) is 0 Å². The first-order chi connectivity index (χ1) is 14.6. The molecule has 0 saturated carbocycles. The number of carbonyl (C=O) groups excluding carboxylic acids is 1. The molecule has 6 nitrogen and oxygen atoms in total. The van der Waals surface area contributed by atoms with Crippen LogP contribution in [0.25, 0.3) is 0 Å². The molecular weight excluding hydrogens is 378 g/mol. The molecule has 2 aromatic carbocycles. The maximum absolute atomic E-state index is 12.6. The number of aliphatic hydroxyl groups is 1. The van der Waals surface area contributed by atoms with Crippen LogP contribution in [0.4, 0.5) is 4.79 Å². The number of carbonyl (C=O) groups is 1. The third-order valence-corrected chi connectivity index (χ3v) is 5.34. The Morgan fingerprint density at radius 2 is 1.90 bits per heavy atom. The number of rotatable bonds is 9. The number of amides is 2. The van der Waals surface area contributed by atoms with E-state index in [1.807, 2.05) is 30.3 Å². The number of ether oxygens (including phenoxy) is 1. The number of benzene rings is 2. The lowest BCUT2D eigenvalue weighted by Gasteiger charge is -2.31. The van der Waals surface area contributed by atoms with Gasteiger partial charge in [0, 0.05) is 39.3 Å². The van der Waals surface area contributed by atoms with Crippen LogP contribution in [0.2, 0.25) is 0 Å². The number of urea groups is 1. The van der Waals surface area contributed by atoms with Gasteiger partial charge in [0.25, 0.3) is 0 Å². The van der Waals surface area contributed by atoms with Gasteiger partial charge in [-0.3, -0.25) is 4.90 Å². The molecule has 1 unspecified atom stereocenters. The van der Waals surface area contributed by atoms with Crippen molar-refractivity contribution in [3.63, 3.8) is 0 Å². The Hall–Kier alpha value is -2.41. The predicted octanol–water partition coefficient (Wildman–Crippen LogP) is 2.65. The molecular formula is C24H33N3O3. The minimum Gasteiger partial charge on any atom is -0.395 e. The average molecular weight is 412 g/mol. The molecule has 2 N–H and O–H groups in total. The van der Waals surface area contributed by atoms with Gasteiger partial charge in [-0.05, 0) is 30.0 Å². The van der Waals surface area contributed by atoms with Crippen molar-refractivity contribution in [1.82, 2.24) is 15.1 Å². The molecule has 1 atom stereocenters. The van der Waals surface area contributed by atoms with Crippen LogP contribution < -0.4 is 5.32 Å². The van der Waals surface area contributed by atoms with Crippen molar-refractivity contribution in [2.45, 2.75) is 32.5 Å². The van der Waals surface area contributed by atoms with Crippen LogP contribution in [0.5, 0.6) is 0 Å². The number of nitrogens with zero attached hydrogens (tertiary/aromatic N) is 2. The number of hydrogen-bond acceptors (Lipinski definition) is 4. The largest absolute Gasteiger partial charge is 0.395 e. The Morgan fingerprint density at radius 1 is 1.13 bits per heavy atom. The summed E-state index contributed by atoms with van der Waals surface area (Å²) in [7, 11) is 0. The maximum atomic E-state index is 12.6. The van der Waals surface area contributed by atoms with Crippen LogP contribution in [-0.2, 0) is 24.2 Å². The van der Waals surface area contributed by atoms with Crippen molar-refractivity contribution in [2.24, 2.45) is 0 Å². The molecule has 162 valence electrons. The molecule has 6 heteroatoms. The Morgan fingerprint density at radius 3 is 2.67 bits per heavy atom. The van der Waals surface area contributed by atoms with E-state index in [1.165, 1.54) is 11.1 Å². The van der Waals surface area contributed by atoms with E-state index in [-0.39, 0.29) is 18.7 Å². The topological polar surface area (TPSA) is 65.0 Å². The molecule has 2 amide bonds. The smallest absolute Gasteiger partial charge is 0.317 e. The quantitative estimate of drug-likeness (QED) is 0.666. The Bertz CT molecular complexity index is 784. The molecule has 1 fully saturated rings. The summed E-state index contributed by atoms with van der Waals surface area (Å²) in [4.78, 5) is 16.7. The van der Waals surface area contributed by atoms with E-state index in [0.717, 1.165) is 38.2 Å². The summed E-state index contributed by atoms with van der Waals surface area (Å²) in [6.45, 7) is 6.99. The highest BCUT2D eigenvalue weighted by molar-refractivity contribution is 5.74. The van der Waals surface area contributed by atoms with Crippen molar-refractivity contribution < 1.29 is 14.6 Å². The van der Waals surface area contributed by atoms with E-state index in [0.29, 0.717) is 19.6 Å². The maximum Gasteiger partial charge on any atom is 0.317 e. The summed E-state index contributed by atoms with van der Waals surface area (Å²) >= 11 is 0. The zero-order valence-corrected chi connectivity index (χ0v) is 17.8. The number of morpholine rings is 1. The highest BCUT2D eigenvalue weighted by Crippen LogP contribution is 2.12. The highest BCUT2D eigenvalue weighted by Gasteiger charge is 2.17. The first kappa shape index (κ1) is 22.3. The minimum absolute atomic E-state index is 0.0460. The van der Waals surface area contributed by atoms with E-state index in [1.54, 1.807) is 4.90 Å². The lowest BCUT2D eigenvalue weighted by Crippen LogP contribution is -2.42. The second kappa shape index (κ2) is 11.7. The van der Waals surface area contributed by atoms with Gasteiger partial charge in [0.05, 0.1) is 19.3 Å². The number of nitrogens with one attached hydrogen (secondary N) is 1. The van der Waals surface area contributed by atoms with Gasteiger partial charge in [-0.2, -0.15) is 0 Å². The average Bonchev–Trinajstić information content (AvgIpc) is 2.76. The van der Waals surface area contributed by atoms with E-state index in [4.69, 9.17) is 4.74 Å². The summed E-state index contributed by atoms with van der Waals surface area (Å²) in [5.41, 5.74) is 3.50. The number of hydrogen-bond donors (Lipinski definition) is 2. The fourth-order valence-electron chi connectivity index (χ4n) is 3.76. The molecule has 0 radical (unpaired) electrons. The van der Waals surface area contributed by atoms with E-state index in [2.05, 4.69) is 41.4 Å². The minimum atomic E-state index is -0.146. The van der Waals surface area contributed by atoms with E-state index in [9.17, 15) is 9.90 Å². The Balaban J connectivity index is 1.50. The van der Waals surface area contributed by atoms with Gasteiger partial charge in [-0.1, -0.05) is 54.6 Å². The van der Waals surface area contributed by atoms with Crippen LogP contribution in [-0.4, -0.2) is 66.4 Å². The molecule has 2 aromatic rings. The fraction of sp³-hybridized carbons (Fsp3) is 0.458. The first-order valence-electron chi connectivity index (χ1n) is 10.7. The van der Waals surface area contributed by atoms with Crippen molar-refractivity contribution in [2.75, 3.05) is 39.4 Å². The van der Waals surface area contributed by atoms with Crippen LogP contribution in [0, 0.1) is 0 Å². The standard InChI is InChI=1S/C24H33N3O3/c1-20-18-26(13-15-30-20)19-23-9-5-8-22(16-23)17-25-24(29)27(12-14-28)11-10-21-6-3-2-4-7-21/h2-9,16,20,28H,10-15,17-19H2,1H3,(H,25,29). The molecule has 0 spiro atoms. The summed E-state index contributed by atoms with van der Waals surface area (Å²) in [6.07, 6.45) is 1.04. The van der Waals surface area contributed by atoms with Gasteiger partial charge in [-0.25, -0.2) is 4.79 Å². The molecule has 0 aliphatic carbocycles. The zero-order valence-electron chi connectivity index (χ0n) is 17.8. The van der Waals surface area contributed by atoms with Crippen LogP contribution in [0.15, 0.2) is 54.6 Å². The molecule has 3 rings (SSSR count). The van der Waals surface area contributed by atoms with Gasteiger partial charge < -0.3 is 20.1 Å². The second-order valence-corrected chi connectivity index (χ2v) is 7.84. The molecule has 0 aromatic heterocycles. The predicted molar refractivity (Wildman–Crippen MR) is 118 cm³/mol. The van der Waals surface area contributed by atoms with E-state index < -0.39 is 0 Å². The van der Waals surface area contributed by atoms with Crippen LogP contribution in [0.3, 0.4) is 0 Å². The lowest BCUT2D eigenvalue weighted by molar-refractivity contribution is -0.0212. The van der Waals surface area contributed by atoms with Crippen molar-refractivity contribution in [3.05, 3.63) is 71.3 Å². The molecule has 30 heavy (non-hydrogen) atoms. The summed E-state index contributed by atoms with van der Waals surface area (Å²) in [6, 6.07) is 18.3. The van der Waals surface area contributed by atoms with Crippen LogP contribution >= 0.6 is 0 Å². The molecule has 1 aliphatic heterocycles. The molecule has 1 saturated heterocycles. The van der Waals surface area contributed by atoms with Gasteiger partial charge in [-0.15, -0.1) is 0 Å². The summed E-state index contributed by atoms with van der Waals surface area (Å²) in [5, 5.41) is 12.3. The van der Waals surface area contributed by atoms with Crippen molar-refractivity contribution >= 4 is 6.03 Å². The SMILES string of the molecule is CC1CN(Cc2cccc(CNC(=O)N(CCO)CCc3ccccc3)c2)CCO1. The number of aliphatic hydroxyl groups excluding tert-OH is 1. The fourth-order valence-corrected chi connectivity index (χ4v) is 3.76. The molecule has 0 bridgehead atoms. The lowest BCUT2D eigenvalue weighted by atomic mass is 10.1. The van der Waals surface area contributed by atoms with Gasteiger partial charge in [0.1, 0.15) is 0 Å². The normalized spacial score (nSPS) is 16.9. The van der Waals surface area contributed by atoms with Crippen molar-refractivity contribution in [1.29, 1.82) is 0 Å². The van der Waals surface area contributed by atoms with Gasteiger partial charge >= 0.3 is 6.03 Å². The third-order valence-electron chi connectivity index (χ3n) is 5.34.